The van der Waals surface area contributed by atoms with Gasteiger partial charge in [0.15, 0.2) is 0 Å². The number of piperidine rings is 1. The first-order valence-corrected chi connectivity index (χ1v) is 15.2. The summed E-state index contributed by atoms with van der Waals surface area (Å²) in [4.78, 5) is 29.1. The molecule has 1 aromatic rings. The van der Waals surface area contributed by atoms with Crippen molar-refractivity contribution in [2.24, 2.45) is 11.8 Å². The average molecular weight is 509 g/mol. The molecule has 1 amide bonds. The highest BCUT2D eigenvalue weighted by atomic mass is 32.2. The molecule has 0 unspecified atom stereocenters. The van der Waals surface area contributed by atoms with Crippen molar-refractivity contribution in [3.63, 3.8) is 0 Å². The van der Waals surface area contributed by atoms with Crippen LogP contribution in [0.1, 0.15) is 85.7 Å². The van der Waals surface area contributed by atoms with E-state index in [-0.39, 0.29) is 22.7 Å². The molecular formula is C25H36N2O5S2. The molecule has 188 valence electrons. The van der Waals surface area contributed by atoms with Crippen LogP contribution in [0.3, 0.4) is 0 Å². The van der Waals surface area contributed by atoms with Gasteiger partial charge in [0.1, 0.15) is 4.88 Å². The molecular weight excluding hydrogens is 472 g/mol. The molecule has 0 bridgehead atoms. The van der Waals surface area contributed by atoms with Crippen LogP contribution >= 0.6 is 11.3 Å². The minimum Gasteiger partial charge on any atom is -0.477 e. The molecule has 7 nitrogen and oxygen atoms in total. The van der Waals surface area contributed by atoms with Gasteiger partial charge in [-0.1, -0.05) is 13.0 Å². The number of sulfonamides is 1. The molecule has 0 aromatic carbocycles. The molecule has 1 N–H and O–H groups in total. The molecule has 3 aliphatic rings. The highest BCUT2D eigenvalue weighted by Crippen LogP contribution is 2.41. The summed E-state index contributed by atoms with van der Waals surface area (Å²) in [5.41, 5.74) is 1.68. The number of carboxylic acids is 1. The zero-order chi connectivity index (χ0) is 24.5. The number of hydrogen-bond acceptors (Lipinski definition) is 5. The molecule has 2 aliphatic carbocycles. The molecule has 34 heavy (non-hydrogen) atoms. The van der Waals surface area contributed by atoms with Crippen molar-refractivity contribution in [2.75, 3.05) is 24.2 Å². The van der Waals surface area contributed by atoms with E-state index in [1.807, 2.05) is 6.07 Å². The maximum atomic E-state index is 13.9. The largest absolute Gasteiger partial charge is 0.477 e. The second-order valence-corrected chi connectivity index (χ2v) is 13.2. The molecule has 4 rings (SSSR count). The molecule has 1 aliphatic heterocycles. The van der Waals surface area contributed by atoms with Crippen molar-refractivity contribution in [3.05, 3.63) is 21.9 Å². The minimum absolute atomic E-state index is 0.00850. The summed E-state index contributed by atoms with van der Waals surface area (Å²) in [5.74, 6) is -0.500. The number of hydrogen-bond donors (Lipinski definition) is 1. The zero-order valence-electron chi connectivity index (χ0n) is 20.2. The van der Waals surface area contributed by atoms with Crippen LogP contribution in [-0.4, -0.2) is 55.1 Å². The van der Waals surface area contributed by atoms with Gasteiger partial charge < -0.3 is 10.0 Å². The molecule has 0 atom stereocenters. The first-order valence-electron chi connectivity index (χ1n) is 12.5. The van der Waals surface area contributed by atoms with E-state index >= 15 is 0 Å². The second-order valence-electron chi connectivity index (χ2n) is 10.2. The lowest BCUT2D eigenvalue weighted by Crippen LogP contribution is -2.51. The van der Waals surface area contributed by atoms with Crippen LogP contribution in [-0.2, 0) is 14.8 Å². The van der Waals surface area contributed by atoms with Gasteiger partial charge in [0, 0.05) is 29.9 Å². The van der Waals surface area contributed by atoms with E-state index in [1.54, 1.807) is 4.90 Å². The van der Waals surface area contributed by atoms with E-state index in [2.05, 4.69) is 13.0 Å². The Bertz CT molecular complexity index is 1050. The highest BCUT2D eigenvalue weighted by Gasteiger charge is 2.38. The van der Waals surface area contributed by atoms with Crippen molar-refractivity contribution in [1.29, 1.82) is 0 Å². The first kappa shape index (κ1) is 25.4. The fourth-order valence-electron chi connectivity index (χ4n) is 5.56. The van der Waals surface area contributed by atoms with Crippen molar-refractivity contribution in [3.8, 4) is 0 Å². The van der Waals surface area contributed by atoms with Crippen LogP contribution in [0.4, 0.5) is 5.69 Å². The highest BCUT2D eigenvalue weighted by molar-refractivity contribution is 7.88. The third kappa shape index (κ3) is 5.57. The predicted octanol–water partition coefficient (Wildman–Crippen LogP) is 4.99. The number of carbonyl (C=O) groups is 2. The molecule has 2 heterocycles. The lowest BCUT2D eigenvalue weighted by molar-refractivity contribution is -0.124. The number of carboxylic acid groups (broad SMARTS) is 1. The van der Waals surface area contributed by atoms with Gasteiger partial charge in [-0.25, -0.2) is 17.5 Å². The quantitative estimate of drug-likeness (QED) is 0.584. The van der Waals surface area contributed by atoms with E-state index in [0.29, 0.717) is 37.5 Å². The number of thiophene rings is 1. The Morgan fingerprint density at radius 3 is 2.32 bits per heavy atom. The molecule has 0 spiro atoms. The zero-order valence-corrected chi connectivity index (χ0v) is 21.8. The smallest absolute Gasteiger partial charge is 0.348 e. The Balaban J connectivity index is 1.69. The van der Waals surface area contributed by atoms with Crippen LogP contribution in [0, 0.1) is 11.8 Å². The Hall–Kier alpha value is -1.71. The van der Waals surface area contributed by atoms with E-state index in [4.69, 9.17) is 0 Å². The lowest BCUT2D eigenvalue weighted by Gasteiger charge is -2.40. The van der Waals surface area contributed by atoms with Crippen molar-refractivity contribution >= 4 is 44.5 Å². The second kappa shape index (κ2) is 10.5. The van der Waals surface area contributed by atoms with Crippen LogP contribution in [0.2, 0.25) is 0 Å². The summed E-state index contributed by atoms with van der Waals surface area (Å²) in [6, 6.07) is 1.71. The molecule has 1 aromatic heterocycles. The SMILES string of the molecule is CS(=O)(=O)N1CCC(N(c2cc(C3=CCCCC3)sc2C(=O)O)C(=O)[C@H]2CC[C@H](C)CC2)CC1. The van der Waals surface area contributed by atoms with Crippen LogP contribution < -0.4 is 4.90 Å². The van der Waals surface area contributed by atoms with Crippen LogP contribution in [0.15, 0.2) is 12.1 Å². The topological polar surface area (TPSA) is 95.0 Å². The Kier molecular flexibility index (Phi) is 7.84. The van der Waals surface area contributed by atoms with Gasteiger partial charge in [0.25, 0.3) is 0 Å². The summed E-state index contributed by atoms with van der Waals surface area (Å²) in [6.07, 6.45) is 12.3. The molecule has 1 saturated carbocycles. The number of nitrogens with zero attached hydrogens (tertiary/aromatic N) is 2. The van der Waals surface area contributed by atoms with Gasteiger partial charge in [0.05, 0.1) is 11.9 Å². The third-order valence-electron chi connectivity index (χ3n) is 7.63. The van der Waals surface area contributed by atoms with E-state index < -0.39 is 16.0 Å². The molecule has 0 radical (unpaired) electrons. The summed E-state index contributed by atoms with van der Waals surface area (Å²) in [6.45, 7) is 2.91. The van der Waals surface area contributed by atoms with Gasteiger partial charge in [-0.3, -0.25) is 4.79 Å². The number of carbonyl (C=O) groups excluding carboxylic acids is 1. The summed E-state index contributed by atoms with van der Waals surface area (Å²) >= 11 is 1.27. The van der Waals surface area contributed by atoms with Gasteiger partial charge in [-0.05, 0) is 81.8 Å². The standard InChI is InChI=1S/C25H36N2O5S2/c1-17-8-10-19(11-9-17)24(28)27(20-12-14-26(15-13-20)34(2,31)32)21-16-22(33-23(21)25(29)30)18-6-4-3-5-7-18/h6,16-17,19-20H,3-5,7-15H2,1-2H3,(H,29,30)/t17-,19-. The number of aromatic carboxylic acids is 1. The summed E-state index contributed by atoms with van der Waals surface area (Å²) in [5, 5.41) is 10.1. The predicted molar refractivity (Wildman–Crippen MR) is 136 cm³/mol. The fraction of sp³-hybridized carbons (Fsp3) is 0.680. The molecule has 9 heteroatoms. The Morgan fingerprint density at radius 1 is 1.09 bits per heavy atom. The summed E-state index contributed by atoms with van der Waals surface area (Å²) < 4.78 is 25.5. The van der Waals surface area contributed by atoms with Gasteiger partial charge in [-0.15, -0.1) is 11.3 Å². The summed E-state index contributed by atoms with van der Waals surface area (Å²) in [7, 11) is -3.29. The lowest BCUT2D eigenvalue weighted by atomic mass is 9.82. The van der Waals surface area contributed by atoms with Crippen molar-refractivity contribution < 1.29 is 23.1 Å². The molecule has 2 fully saturated rings. The number of anilines is 1. The van der Waals surface area contributed by atoms with Crippen molar-refractivity contribution in [2.45, 2.75) is 77.2 Å². The van der Waals surface area contributed by atoms with Gasteiger partial charge in [-0.2, -0.15) is 0 Å². The van der Waals surface area contributed by atoms with E-state index in [1.165, 1.54) is 27.5 Å². The Labute approximate surface area is 206 Å². The van der Waals surface area contributed by atoms with E-state index in [9.17, 15) is 23.1 Å². The maximum absolute atomic E-state index is 13.9. The number of rotatable bonds is 6. The van der Waals surface area contributed by atoms with Gasteiger partial charge in [0.2, 0.25) is 15.9 Å². The first-order chi connectivity index (χ1) is 16.1. The average Bonchev–Trinajstić information content (AvgIpc) is 3.25. The van der Waals surface area contributed by atoms with Crippen LogP contribution in [0.5, 0.6) is 0 Å². The minimum atomic E-state index is -3.29. The van der Waals surface area contributed by atoms with Crippen LogP contribution in [0.25, 0.3) is 5.57 Å². The maximum Gasteiger partial charge on any atom is 0.348 e. The third-order valence-corrected chi connectivity index (χ3v) is 10.1. The molecule has 1 saturated heterocycles. The van der Waals surface area contributed by atoms with Gasteiger partial charge >= 0.3 is 5.97 Å². The normalized spacial score (nSPS) is 25.1. The number of amides is 1. The van der Waals surface area contributed by atoms with Crippen molar-refractivity contribution in [1.82, 2.24) is 4.31 Å². The van der Waals surface area contributed by atoms with E-state index in [0.717, 1.165) is 56.2 Å². The number of allylic oxidation sites excluding steroid dienone is 2. The monoisotopic (exact) mass is 508 g/mol. The fourth-order valence-corrected chi connectivity index (χ4v) is 7.50. The Morgan fingerprint density at radius 2 is 1.76 bits per heavy atom.